The number of fused-ring (bicyclic) bond motifs is 2. The topological polar surface area (TPSA) is 51.8 Å². The smallest absolute Gasteiger partial charge is 0.792 e. The van der Waals surface area contributed by atoms with Crippen LogP contribution in [0.2, 0.25) is 0 Å². The Labute approximate surface area is 783 Å². The van der Waals surface area contributed by atoms with Crippen molar-refractivity contribution in [3.8, 4) is 0 Å². The third-order valence-corrected chi connectivity index (χ3v) is 26.4. The maximum absolute atomic E-state index is 10.7. The van der Waals surface area contributed by atoms with Gasteiger partial charge in [0.25, 0.3) is 0 Å². The van der Waals surface area contributed by atoms with Crippen LogP contribution in [-0.2, 0) is 80.2 Å². The molecule has 0 bridgehead atoms. The van der Waals surface area contributed by atoms with Crippen molar-refractivity contribution in [1.82, 2.24) is 9.97 Å². The van der Waals surface area contributed by atoms with Crippen LogP contribution in [0.4, 0.5) is 50.4 Å². The molecular weight excluding hydrogens is 2190 g/mol. The van der Waals surface area contributed by atoms with Crippen LogP contribution in [0.5, 0.6) is 0 Å². The minimum absolute atomic E-state index is 0. The first-order chi connectivity index (χ1) is 58.4. The summed E-state index contributed by atoms with van der Waals surface area (Å²) in [6.45, 7) is 0. The molecule has 0 amide bonds. The first-order valence-electron chi connectivity index (χ1n) is 37.2. The number of aliphatic hydroxyl groups is 1. The molecule has 2 heterocycles. The average Bonchev–Trinajstić information content (AvgIpc) is 1.70. The Hall–Kier alpha value is -6.90. The number of H-pyrrole nitrogens is 2. The number of nitrogens with one attached hydrogen (secondary N) is 2. The van der Waals surface area contributed by atoms with Crippen molar-refractivity contribution in [1.29, 1.82) is 0 Å². The van der Waals surface area contributed by atoms with Crippen LogP contribution >= 0.6 is 93.7 Å². The van der Waals surface area contributed by atoms with Crippen molar-refractivity contribution in [2.24, 2.45) is 0 Å². The predicted octanol–water partition coefficient (Wildman–Crippen LogP) is 27.5. The zero-order chi connectivity index (χ0) is 88.7. The first kappa shape index (κ1) is 109. The van der Waals surface area contributed by atoms with Gasteiger partial charge in [0.1, 0.15) is 0 Å². The summed E-state index contributed by atoms with van der Waals surface area (Å²) in [5.74, 6) is 1.59. The minimum Gasteiger partial charge on any atom is -0.792 e. The Kier molecular flexibility index (Phi) is 48.6. The van der Waals surface area contributed by atoms with Gasteiger partial charge >= 0.3 is 108 Å². The third-order valence-electron chi connectivity index (χ3n) is 16.3. The van der Waals surface area contributed by atoms with E-state index in [4.69, 9.17) is 76.8 Å². The Bertz CT molecular complexity index is 4500. The number of alkyl halides is 4. The van der Waals surface area contributed by atoms with E-state index < -0.39 is 47.3 Å². The molecule has 0 fully saturated rings. The van der Waals surface area contributed by atoms with E-state index in [-0.39, 0.29) is 52.8 Å². The second-order valence-electron chi connectivity index (χ2n) is 25.1. The van der Waals surface area contributed by atoms with Crippen molar-refractivity contribution >= 4 is 204 Å². The number of halogens is 16. The number of aromatic amines is 2. The van der Waals surface area contributed by atoms with Crippen LogP contribution in [-0.4, -0.2) is 44.4 Å². The second kappa shape index (κ2) is 55.1. The molecule has 16 rings (SSSR count). The molecule has 0 atom stereocenters. The van der Waals surface area contributed by atoms with E-state index in [1.54, 1.807) is 0 Å². The molecule has 3 N–H and O–H groups in total. The van der Waals surface area contributed by atoms with Gasteiger partial charge in [0.15, 0.2) is 0 Å². The fraction of sp³-hybridized carbons (Fsp3) is 0.0737. The van der Waals surface area contributed by atoms with Crippen LogP contribution in [0, 0.1) is 0 Å². The SMILES string of the molecule is CO.ClCCl.ClCCl.F[P-](F)(F)(F)(F)F.F[P-](F)(F)(F)(F)F.[Pt+2].[Pt+2].[S-]CCc1c[nH]c2ccccc12.[S-]CCc1c[nH]c2ccccc12.c1ccc(P(c2ccccc2)c2ccccc2)cc1.c1ccc(P(c2ccccc2)c2ccccc2)cc1.c1ccc(P(c2ccccc2)c2ccccc2)cc1.c1ccc(P(c2ccccc2)c2ccccc2)cc1. The van der Waals surface area contributed by atoms with E-state index in [1.165, 1.54) is 96.6 Å². The number of hydrogen-bond donors (Lipinski definition) is 3. The molecule has 658 valence electrons. The van der Waals surface area contributed by atoms with Crippen molar-refractivity contribution in [3.63, 3.8) is 0 Å². The van der Waals surface area contributed by atoms with Gasteiger partial charge in [-0.3, -0.25) is 0 Å². The molecule has 0 saturated carbocycles. The van der Waals surface area contributed by atoms with Gasteiger partial charge in [-0.25, -0.2) is 0 Å². The Balaban J connectivity index is 0.000000299. The molecule has 2 aromatic heterocycles. The van der Waals surface area contributed by atoms with E-state index >= 15 is 0 Å². The molecule has 3 nitrogen and oxygen atoms in total. The van der Waals surface area contributed by atoms with Crippen LogP contribution < -0.4 is 63.7 Å². The van der Waals surface area contributed by atoms with Gasteiger partial charge in [-0.2, -0.15) is 11.5 Å². The minimum atomic E-state index is -10.7. The van der Waals surface area contributed by atoms with E-state index in [0.717, 1.165) is 31.5 Å². The van der Waals surface area contributed by atoms with E-state index in [2.05, 4.69) is 423 Å². The fourth-order valence-electron chi connectivity index (χ4n) is 11.6. The maximum Gasteiger partial charge on any atom is 2.00 e. The fourth-order valence-corrected chi connectivity index (χ4v) is 21.3. The van der Waals surface area contributed by atoms with Crippen molar-refractivity contribution < 1.29 is 97.6 Å². The summed E-state index contributed by atoms with van der Waals surface area (Å²) in [4.78, 5) is 6.45. The summed E-state index contributed by atoms with van der Waals surface area (Å²) in [6, 6.07) is 146. The molecule has 14 aromatic carbocycles. The van der Waals surface area contributed by atoms with Crippen molar-refractivity contribution in [2.45, 2.75) is 12.8 Å². The number of rotatable bonds is 16. The summed E-state index contributed by atoms with van der Waals surface area (Å²) >= 11 is 29.0. The van der Waals surface area contributed by atoms with Gasteiger partial charge in [-0.15, -0.1) is 46.4 Å². The summed E-state index contributed by atoms with van der Waals surface area (Å²) < 4.78 is 118. The quantitative estimate of drug-likeness (QED) is 0.0391. The zero-order valence-corrected chi connectivity index (χ0v) is 80.9. The molecule has 124 heavy (non-hydrogen) atoms. The Morgan fingerprint density at radius 3 is 0.468 bits per heavy atom. The molecule has 0 unspecified atom stereocenters. The van der Waals surface area contributed by atoms with Gasteiger partial charge in [0.05, 0.1) is 10.7 Å². The van der Waals surface area contributed by atoms with Gasteiger partial charge in [-0.1, -0.05) is 400 Å². The molecule has 0 radical (unpaired) electrons. The molecule has 0 aliphatic carbocycles. The van der Waals surface area contributed by atoms with E-state index in [1.807, 2.05) is 12.1 Å². The first-order valence-corrected chi connectivity index (χ1v) is 50.0. The maximum atomic E-state index is 9.87. The van der Waals surface area contributed by atoms with Crippen LogP contribution in [0.25, 0.3) is 21.8 Å². The molecule has 16 aromatic rings. The second-order valence-corrected chi connectivity index (χ2v) is 40.3. The van der Waals surface area contributed by atoms with Crippen molar-refractivity contribution in [2.75, 3.05) is 29.3 Å². The molecule has 0 aliphatic heterocycles. The predicted molar refractivity (Wildman–Crippen MR) is 517 cm³/mol. The summed E-state index contributed by atoms with van der Waals surface area (Å²) in [5, 5.41) is 26.8. The van der Waals surface area contributed by atoms with Crippen LogP contribution in [0.15, 0.2) is 425 Å². The largest absolute Gasteiger partial charge is 2.00 e. The Morgan fingerprint density at radius 2 is 0.347 bits per heavy atom. The molecular formula is C95H88Cl4F12N2OP6Pt2S2. The van der Waals surface area contributed by atoms with Gasteiger partial charge in [0.2, 0.25) is 0 Å². The zero-order valence-electron chi connectivity index (χ0n) is 66.3. The summed E-state index contributed by atoms with van der Waals surface area (Å²) in [5.41, 5.74) is 5.08. The Morgan fingerprint density at radius 1 is 0.234 bits per heavy atom. The van der Waals surface area contributed by atoms with Gasteiger partial charge in [-0.05, 0) is 131 Å². The van der Waals surface area contributed by atoms with Crippen LogP contribution in [0.1, 0.15) is 11.1 Å². The third kappa shape index (κ3) is 44.7. The standard InChI is InChI=1S/4C18H15P.2C10H11NS.2CH2Cl2.CH4O.2F6P.2Pt/c4*1-4-10-16(11-5-1)19(17-12-6-2-7-13-17)18-14-8-3-9-15-18;2*12-6-5-8-7-11-10-4-2-1-3-9(8)10;2*2-1-3;1-2;2*1-7(2,3,4,5)6;;/h4*1-15H;2*1-4,7,11-12H,5-6H2;2*1H2;2H,1H3;;;;/q;;;;;;;;;2*-1;2*+2/p-2. The monoisotopic (exact) mass is 2280 g/mol. The molecule has 29 heteroatoms. The number of aliphatic hydroxyl groups excluding tert-OH is 1. The number of aryl methyl sites for hydroxylation is 2. The molecule has 0 saturated heterocycles. The number of hydrogen-bond acceptors (Lipinski definition) is 3. The average molecular weight is 2280 g/mol. The number of aromatic nitrogens is 2. The van der Waals surface area contributed by atoms with E-state index in [0.29, 0.717) is 0 Å². The number of para-hydroxylation sites is 2. The normalized spacial score (nSPS) is 11.5. The number of benzene rings is 14. The van der Waals surface area contributed by atoms with Gasteiger partial charge in [0, 0.05) is 41.3 Å². The summed E-state index contributed by atoms with van der Waals surface area (Å²) in [7, 11) is -22.1. The summed E-state index contributed by atoms with van der Waals surface area (Å²) in [6.07, 6.45) is 6.08. The van der Waals surface area contributed by atoms with Gasteiger partial charge < -0.3 is 40.3 Å². The van der Waals surface area contributed by atoms with E-state index in [9.17, 15) is 50.4 Å². The van der Waals surface area contributed by atoms with Crippen molar-refractivity contribution in [3.05, 3.63) is 436 Å². The molecule has 0 aliphatic rings. The molecule has 0 spiro atoms. The van der Waals surface area contributed by atoms with Crippen LogP contribution in [0.3, 0.4) is 0 Å².